The zero-order chi connectivity index (χ0) is 13.6. The maximum Gasteiger partial charge on any atom is 0.152 e. The highest BCUT2D eigenvalue weighted by atomic mass is 32.2. The van der Waals surface area contributed by atoms with E-state index < -0.39 is 15.4 Å². The molecule has 1 saturated heterocycles. The molecule has 0 aliphatic carbocycles. The first-order chi connectivity index (χ1) is 8.23. The lowest BCUT2D eigenvalue weighted by atomic mass is 10.0. The molecule has 102 valence electrons. The van der Waals surface area contributed by atoms with Gasteiger partial charge in [0, 0.05) is 5.25 Å². The molecule has 2 heterocycles. The van der Waals surface area contributed by atoms with Gasteiger partial charge in [-0.05, 0) is 13.3 Å². The summed E-state index contributed by atoms with van der Waals surface area (Å²) in [5.74, 6) is 0.918. The van der Waals surface area contributed by atoms with Crippen LogP contribution >= 0.6 is 11.8 Å². The van der Waals surface area contributed by atoms with Gasteiger partial charge in [-0.15, -0.1) is 11.8 Å². The van der Waals surface area contributed by atoms with Crippen molar-refractivity contribution in [2.45, 2.75) is 42.9 Å². The van der Waals surface area contributed by atoms with Gasteiger partial charge in [-0.3, -0.25) is 0 Å². The zero-order valence-electron chi connectivity index (χ0n) is 10.9. The molecule has 1 aromatic rings. The van der Waals surface area contributed by atoms with Gasteiger partial charge in [0.2, 0.25) is 0 Å². The average molecular weight is 289 g/mol. The van der Waals surface area contributed by atoms with Gasteiger partial charge in [-0.2, -0.15) is 5.10 Å². The lowest BCUT2D eigenvalue weighted by Crippen LogP contribution is -2.33. The number of anilines is 1. The minimum Gasteiger partial charge on any atom is -0.383 e. The number of nitrogens with two attached hydrogens (primary N) is 1. The summed E-state index contributed by atoms with van der Waals surface area (Å²) in [6.45, 7) is 6.08. The van der Waals surface area contributed by atoms with Gasteiger partial charge in [0.25, 0.3) is 0 Å². The van der Waals surface area contributed by atoms with Crippen LogP contribution in [0, 0.1) is 0 Å². The Morgan fingerprint density at radius 2 is 2.22 bits per heavy atom. The Kier molecular flexibility index (Phi) is 3.40. The molecule has 1 aliphatic rings. The van der Waals surface area contributed by atoms with E-state index in [9.17, 15) is 8.42 Å². The Labute approximate surface area is 112 Å². The first-order valence-corrected chi connectivity index (χ1v) is 8.65. The molecule has 0 saturated carbocycles. The van der Waals surface area contributed by atoms with Crippen molar-refractivity contribution in [3.8, 4) is 0 Å². The van der Waals surface area contributed by atoms with E-state index in [1.807, 2.05) is 6.92 Å². The van der Waals surface area contributed by atoms with Crippen molar-refractivity contribution in [2.24, 2.45) is 0 Å². The number of rotatable bonds is 3. The van der Waals surface area contributed by atoms with Crippen LogP contribution in [0.5, 0.6) is 0 Å². The predicted octanol–water partition coefficient (Wildman–Crippen LogP) is 1.50. The largest absolute Gasteiger partial charge is 0.383 e. The highest BCUT2D eigenvalue weighted by Gasteiger charge is 2.41. The highest BCUT2D eigenvalue weighted by Crippen LogP contribution is 2.36. The molecule has 18 heavy (non-hydrogen) atoms. The number of nitrogens with zero attached hydrogens (tertiary/aromatic N) is 2. The van der Waals surface area contributed by atoms with E-state index in [0.717, 1.165) is 4.90 Å². The lowest BCUT2D eigenvalue weighted by Gasteiger charge is -2.24. The molecular weight excluding hydrogens is 270 g/mol. The second-order valence-electron chi connectivity index (χ2n) is 5.31. The monoisotopic (exact) mass is 289 g/mol. The summed E-state index contributed by atoms with van der Waals surface area (Å²) < 4.78 is 24.9. The Hall–Kier alpha value is -0.690. The van der Waals surface area contributed by atoms with E-state index in [1.54, 1.807) is 22.6 Å². The Morgan fingerprint density at radius 1 is 1.56 bits per heavy atom. The third-order valence-corrected chi connectivity index (χ3v) is 6.06. The van der Waals surface area contributed by atoms with Gasteiger partial charge in [-0.25, -0.2) is 13.1 Å². The molecule has 1 unspecified atom stereocenters. The molecule has 1 atom stereocenters. The Morgan fingerprint density at radius 3 is 2.72 bits per heavy atom. The minimum absolute atomic E-state index is 0.123. The van der Waals surface area contributed by atoms with Crippen molar-refractivity contribution < 1.29 is 8.42 Å². The minimum atomic E-state index is -2.96. The summed E-state index contributed by atoms with van der Waals surface area (Å²) in [5.41, 5.74) is 5.59. The van der Waals surface area contributed by atoms with E-state index in [1.165, 1.54) is 0 Å². The molecule has 0 bridgehead atoms. The first kappa shape index (κ1) is 13.7. The molecule has 2 rings (SSSR count). The summed E-state index contributed by atoms with van der Waals surface area (Å²) in [5, 5.41) is 4.72. The molecule has 1 fully saturated rings. The van der Waals surface area contributed by atoms with E-state index >= 15 is 0 Å². The molecule has 1 aromatic heterocycles. The van der Waals surface area contributed by atoms with E-state index in [0.29, 0.717) is 17.5 Å². The molecule has 0 amide bonds. The van der Waals surface area contributed by atoms with Gasteiger partial charge in [0.1, 0.15) is 5.82 Å². The number of nitrogen functional groups attached to an aromatic ring is 1. The van der Waals surface area contributed by atoms with Crippen LogP contribution in [0.3, 0.4) is 0 Å². The van der Waals surface area contributed by atoms with Crippen molar-refractivity contribution in [1.29, 1.82) is 0 Å². The smallest absolute Gasteiger partial charge is 0.152 e. The number of hydrogen-bond acceptors (Lipinski definition) is 5. The molecule has 2 N–H and O–H groups in total. The zero-order valence-corrected chi connectivity index (χ0v) is 12.5. The van der Waals surface area contributed by atoms with Crippen LogP contribution in [0.1, 0.15) is 27.2 Å². The normalized spacial score (nSPS) is 26.9. The third-order valence-electron chi connectivity index (χ3n) is 3.13. The summed E-state index contributed by atoms with van der Waals surface area (Å²) in [6.07, 6.45) is 2.31. The van der Waals surface area contributed by atoms with Crippen LogP contribution in [0.4, 0.5) is 5.82 Å². The molecule has 0 aromatic carbocycles. The van der Waals surface area contributed by atoms with Crippen LogP contribution in [0.25, 0.3) is 0 Å². The second-order valence-corrected chi connectivity index (χ2v) is 9.11. The number of sulfone groups is 1. The van der Waals surface area contributed by atoms with Crippen LogP contribution in [-0.2, 0) is 15.4 Å². The predicted molar refractivity (Wildman–Crippen MR) is 74.6 cm³/mol. The molecule has 1 aliphatic heterocycles. The van der Waals surface area contributed by atoms with Crippen molar-refractivity contribution >= 4 is 27.4 Å². The van der Waals surface area contributed by atoms with Gasteiger partial charge >= 0.3 is 0 Å². The van der Waals surface area contributed by atoms with Crippen molar-refractivity contribution in [3.63, 3.8) is 0 Å². The summed E-state index contributed by atoms with van der Waals surface area (Å²) in [7, 11) is -2.96. The fourth-order valence-corrected chi connectivity index (χ4v) is 5.21. The fourth-order valence-electron chi connectivity index (χ4n) is 2.28. The van der Waals surface area contributed by atoms with Gasteiger partial charge in [0.15, 0.2) is 9.84 Å². The van der Waals surface area contributed by atoms with Crippen molar-refractivity contribution in [2.75, 3.05) is 17.2 Å². The molecule has 5 nitrogen and oxygen atoms in total. The molecule has 0 spiro atoms. The van der Waals surface area contributed by atoms with Crippen LogP contribution in [0.2, 0.25) is 0 Å². The van der Waals surface area contributed by atoms with Crippen molar-refractivity contribution in [3.05, 3.63) is 6.20 Å². The first-order valence-electron chi connectivity index (χ1n) is 5.95. The fraction of sp³-hybridized carbons (Fsp3) is 0.727. The average Bonchev–Trinajstić information content (AvgIpc) is 2.70. The second kappa shape index (κ2) is 4.45. The van der Waals surface area contributed by atoms with Crippen LogP contribution in [0.15, 0.2) is 11.1 Å². The number of thioether (sulfide) groups is 1. The molecule has 0 radical (unpaired) electrons. The van der Waals surface area contributed by atoms with Gasteiger partial charge in [-0.1, -0.05) is 13.8 Å². The standard InChI is InChI=1S/C11H19N3O2S2/c1-8(2)17-9-6-13-14(10(9)12)11(3)4-5-18(15,16)7-11/h6,8H,4-5,7,12H2,1-3H3. The van der Waals surface area contributed by atoms with Crippen LogP contribution < -0.4 is 5.73 Å². The highest BCUT2D eigenvalue weighted by molar-refractivity contribution is 8.00. The number of aromatic nitrogens is 2. The number of hydrogen-bond donors (Lipinski definition) is 1. The van der Waals surface area contributed by atoms with Gasteiger partial charge in [0.05, 0.1) is 28.1 Å². The van der Waals surface area contributed by atoms with E-state index in [2.05, 4.69) is 18.9 Å². The summed E-state index contributed by atoms with van der Waals surface area (Å²) in [6, 6.07) is 0. The Bertz CT molecular complexity index is 551. The molecule has 7 heteroatoms. The lowest BCUT2D eigenvalue weighted by molar-refractivity contribution is 0.334. The Balaban J connectivity index is 2.32. The van der Waals surface area contributed by atoms with Crippen LogP contribution in [-0.4, -0.2) is 35.0 Å². The maximum atomic E-state index is 11.6. The van der Waals surface area contributed by atoms with E-state index in [4.69, 9.17) is 5.73 Å². The quantitative estimate of drug-likeness (QED) is 0.853. The van der Waals surface area contributed by atoms with Gasteiger partial charge < -0.3 is 5.73 Å². The third kappa shape index (κ3) is 2.51. The summed E-state index contributed by atoms with van der Waals surface area (Å²) in [4.78, 5) is 0.926. The van der Waals surface area contributed by atoms with E-state index in [-0.39, 0.29) is 11.5 Å². The maximum absolute atomic E-state index is 11.6. The summed E-state index contributed by atoms with van der Waals surface area (Å²) >= 11 is 1.65. The topological polar surface area (TPSA) is 78.0 Å². The SMILES string of the molecule is CC(C)Sc1cnn(C2(C)CCS(=O)(=O)C2)c1N. The van der Waals surface area contributed by atoms with Crippen molar-refractivity contribution in [1.82, 2.24) is 9.78 Å². The molecular formula is C11H19N3O2S2.